The van der Waals surface area contributed by atoms with E-state index in [-0.39, 0.29) is 0 Å². The predicted molar refractivity (Wildman–Crippen MR) is 61.1 cm³/mol. The lowest BCUT2D eigenvalue weighted by molar-refractivity contribution is 1.26. The largest absolute Gasteiger partial charge is 0.0729 e. The molecule has 0 nitrogen and oxygen atoms in total. The van der Waals surface area contributed by atoms with Gasteiger partial charge in [-0.05, 0) is 24.5 Å². The van der Waals surface area contributed by atoms with Gasteiger partial charge in [-0.15, -0.1) is 0 Å². The molecule has 0 unspecified atom stereocenters. The van der Waals surface area contributed by atoms with Crippen LogP contribution in [-0.4, -0.2) is 0 Å². The first-order valence-corrected chi connectivity index (χ1v) is 4.95. The fraction of sp³-hybridized carbons (Fsp3) is 0.143. The zero-order chi connectivity index (χ0) is 9.80. The smallest absolute Gasteiger partial charge is 0.00885 e. The van der Waals surface area contributed by atoms with Gasteiger partial charge in [-0.2, -0.15) is 0 Å². The summed E-state index contributed by atoms with van der Waals surface area (Å²) in [6, 6.07) is 10.5. The van der Waals surface area contributed by atoms with Crippen molar-refractivity contribution in [3.8, 4) is 0 Å². The Balaban J connectivity index is 2.05. The van der Waals surface area contributed by atoms with Crippen LogP contribution in [0.2, 0.25) is 0 Å². The average molecular weight is 182 g/mol. The van der Waals surface area contributed by atoms with Crippen molar-refractivity contribution < 1.29 is 0 Å². The lowest BCUT2D eigenvalue weighted by atomic mass is 10.1. The Labute approximate surface area is 85.3 Å². The predicted octanol–water partition coefficient (Wildman–Crippen LogP) is 3.67. The van der Waals surface area contributed by atoms with Crippen molar-refractivity contribution in [1.29, 1.82) is 0 Å². The minimum atomic E-state index is 1.02. The standard InChI is InChI=1S/C14H14/c1-12-7-8-14(11-12)10-9-13-5-3-2-4-6-13/h2-8,10-11H,9H2,1H3. The molecule has 0 atom stereocenters. The van der Waals surface area contributed by atoms with E-state index in [1.54, 1.807) is 0 Å². The van der Waals surface area contributed by atoms with Crippen LogP contribution in [0.5, 0.6) is 0 Å². The van der Waals surface area contributed by atoms with Gasteiger partial charge in [-0.3, -0.25) is 0 Å². The molecule has 0 aromatic heterocycles. The Morgan fingerprint density at radius 1 is 1.07 bits per heavy atom. The zero-order valence-electron chi connectivity index (χ0n) is 8.40. The maximum atomic E-state index is 2.27. The summed E-state index contributed by atoms with van der Waals surface area (Å²) in [6.45, 7) is 2.12. The molecule has 1 aromatic rings. The number of rotatable bonds is 2. The number of hydrogen-bond acceptors (Lipinski definition) is 0. The second kappa shape index (κ2) is 4.10. The van der Waals surface area contributed by atoms with Gasteiger partial charge in [0.1, 0.15) is 0 Å². The van der Waals surface area contributed by atoms with Crippen molar-refractivity contribution in [2.45, 2.75) is 13.3 Å². The van der Waals surface area contributed by atoms with Gasteiger partial charge in [0, 0.05) is 0 Å². The summed E-state index contributed by atoms with van der Waals surface area (Å²) in [7, 11) is 0. The van der Waals surface area contributed by atoms with E-state index in [2.05, 4.69) is 61.6 Å². The molecule has 0 saturated heterocycles. The topological polar surface area (TPSA) is 0 Å². The quantitative estimate of drug-likeness (QED) is 0.654. The van der Waals surface area contributed by atoms with Gasteiger partial charge in [0.2, 0.25) is 0 Å². The van der Waals surface area contributed by atoms with Crippen LogP contribution in [0, 0.1) is 0 Å². The summed E-state index contributed by atoms with van der Waals surface area (Å²) in [5, 5.41) is 0. The third-order valence-corrected chi connectivity index (χ3v) is 2.35. The van der Waals surface area contributed by atoms with Gasteiger partial charge in [0.05, 0.1) is 0 Å². The van der Waals surface area contributed by atoms with E-state index in [4.69, 9.17) is 0 Å². The summed E-state index contributed by atoms with van der Waals surface area (Å²) >= 11 is 0. The van der Waals surface area contributed by atoms with Crippen LogP contribution < -0.4 is 0 Å². The maximum Gasteiger partial charge on any atom is -0.00885 e. The summed E-state index contributed by atoms with van der Waals surface area (Å²) in [6.07, 6.45) is 9.81. The normalized spacial score (nSPS) is 17.5. The van der Waals surface area contributed by atoms with Gasteiger partial charge in [-0.1, -0.05) is 60.2 Å². The lowest BCUT2D eigenvalue weighted by Crippen LogP contribution is -1.80. The molecule has 0 bridgehead atoms. The zero-order valence-corrected chi connectivity index (χ0v) is 8.40. The Kier molecular flexibility index (Phi) is 2.64. The third kappa shape index (κ3) is 2.23. The van der Waals surface area contributed by atoms with Crippen LogP contribution in [-0.2, 0) is 6.42 Å². The van der Waals surface area contributed by atoms with E-state index < -0.39 is 0 Å². The third-order valence-electron chi connectivity index (χ3n) is 2.35. The minimum Gasteiger partial charge on any atom is -0.0729 e. The summed E-state index contributed by atoms with van der Waals surface area (Å²) < 4.78 is 0. The number of allylic oxidation sites excluding steroid dienone is 6. The molecule has 1 aliphatic rings. The molecular weight excluding hydrogens is 168 g/mol. The minimum absolute atomic E-state index is 1.02. The molecule has 0 amide bonds. The van der Waals surface area contributed by atoms with Crippen LogP contribution in [0.3, 0.4) is 0 Å². The molecule has 0 spiro atoms. The fourth-order valence-corrected chi connectivity index (χ4v) is 1.56. The van der Waals surface area contributed by atoms with Crippen LogP contribution in [0.4, 0.5) is 0 Å². The van der Waals surface area contributed by atoms with Crippen LogP contribution in [0.15, 0.2) is 65.8 Å². The molecule has 0 aliphatic heterocycles. The van der Waals surface area contributed by atoms with Gasteiger partial charge in [0.15, 0.2) is 0 Å². The van der Waals surface area contributed by atoms with Crippen molar-refractivity contribution in [2.24, 2.45) is 0 Å². The summed E-state index contributed by atoms with van der Waals surface area (Å²) in [4.78, 5) is 0. The Bertz CT molecular complexity index is 391. The van der Waals surface area contributed by atoms with Crippen molar-refractivity contribution in [3.63, 3.8) is 0 Å². The first kappa shape index (κ1) is 9.01. The van der Waals surface area contributed by atoms with Crippen molar-refractivity contribution in [1.82, 2.24) is 0 Å². The highest BCUT2D eigenvalue weighted by molar-refractivity contribution is 5.45. The van der Waals surface area contributed by atoms with E-state index in [0.29, 0.717) is 0 Å². The monoisotopic (exact) mass is 182 g/mol. The first-order chi connectivity index (χ1) is 6.84. The van der Waals surface area contributed by atoms with E-state index in [0.717, 1.165) is 6.42 Å². The molecule has 0 saturated carbocycles. The molecule has 0 radical (unpaired) electrons. The Morgan fingerprint density at radius 2 is 1.86 bits per heavy atom. The van der Waals surface area contributed by atoms with E-state index in [9.17, 15) is 0 Å². The highest BCUT2D eigenvalue weighted by Crippen LogP contribution is 2.15. The Morgan fingerprint density at radius 3 is 2.50 bits per heavy atom. The lowest BCUT2D eigenvalue weighted by Gasteiger charge is -1.95. The maximum absolute atomic E-state index is 2.27. The average Bonchev–Trinajstić information content (AvgIpc) is 2.63. The summed E-state index contributed by atoms with van der Waals surface area (Å²) in [5.74, 6) is 0. The van der Waals surface area contributed by atoms with Gasteiger partial charge in [0.25, 0.3) is 0 Å². The fourth-order valence-electron chi connectivity index (χ4n) is 1.56. The number of benzene rings is 1. The first-order valence-electron chi connectivity index (χ1n) is 4.95. The summed E-state index contributed by atoms with van der Waals surface area (Å²) in [5.41, 5.74) is 4.03. The van der Waals surface area contributed by atoms with Gasteiger partial charge >= 0.3 is 0 Å². The number of hydrogen-bond donors (Lipinski definition) is 0. The van der Waals surface area contributed by atoms with Crippen molar-refractivity contribution >= 4 is 0 Å². The van der Waals surface area contributed by atoms with Crippen molar-refractivity contribution in [3.05, 3.63) is 71.3 Å². The molecule has 0 heterocycles. The van der Waals surface area contributed by atoms with Crippen LogP contribution in [0.1, 0.15) is 12.5 Å². The second-order valence-corrected chi connectivity index (χ2v) is 3.62. The SMILES string of the molecule is CC1=CC(=CCc2ccccc2)C=C1. The molecule has 1 aliphatic carbocycles. The molecule has 1 aromatic carbocycles. The van der Waals surface area contributed by atoms with Gasteiger partial charge < -0.3 is 0 Å². The second-order valence-electron chi connectivity index (χ2n) is 3.62. The van der Waals surface area contributed by atoms with Gasteiger partial charge in [-0.25, -0.2) is 0 Å². The van der Waals surface area contributed by atoms with Crippen molar-refractivity contribution in [2.75, 3.05) is 0 Å². The molecular formula is C14H14. The molecule has 14 heavy (non-hydrogen) atoms. The van der Waals surface area contributed by atoms with Crippen LogP contribution in [0.25, 0.3) is 0 Å². The molecule has 2 rings (SSSR count). The Hall–Kier alpha value is -1.56. The van der Waals surface area contributed by atoms with E-state index in [1.165, 1.54) is 16.7 Å². The highest BCUT2D eigenvalue weighted by Gasteiger charge is 1.96. The molecule has 0 N–H and O–H groups in total. The molecule has 70 valence electrons. The molecule has 0 heteroatoms. The van der Waals surface area contributed by atoms with E-state index in [1.807, 2.05) is 0 Å². The highest BCUT2D eigenvalue weighted by atomic mass is 14.0. The molecule has 0 fully saturated rings. The van der Waals surface area contributed by atoms with Crippen LogP contribution >= 0.6 is 0 Å². The van der Waals surface area contributed by atoms with E-state index >= 15 is 0 Å².